The molecule has 0 atom stereocenters. The van der Waals surface area contributed by atoms with Crippen molar-refractivity contribution in [3.8, 4) is 0 Å². The Morgan fingerprint density at radius 1 is 1.15 bits per heavy atom. The van der Waals surface area contributed by atoms with Gasteiger partial charge in [-0.25, -0.2) is 21.9 Å². The number of rotatable bonds is 3. The second-order valence-electron chi connectivity index (χ2n) is 4.81. The average Bonchev–Trinajstić information content (AvgIpc) is 2.35. The van der Waals surface area contributed by atoms with Gasteiger partial charge in [-0.05, 0) is 43.9 Å². The first-order valence-corrected chi connectivity index (χ1v) is 7.60. The molecular formula is C12H17ClF2N2O2S. The summed E-state index contributed by atoms with van der Waals surface area (Å²) in [5, 5.41) is 0. The molecule has 20 heavy (non-hydrogen) atoms. The summed E-state index contributed by atoms with van der Waals surface area (Å²) in [6.07, 6.45) is 2.66. The van der Waals surface area contributed by atoms with E-state index in [2.05, 4.69) is 4.72 Å². The fourth-order valence-electron chi connectivity index (χ4n) is 2.20. The van der Waals surface area contributed by atoms with E-state index >= 15 is 0 Å². The Bertz CT molecular complexity index is 561. The van der Waals surface area contributed by atoms with Crippen LogP contribution in [0, 0.1) is 11.6 Å². The lowest BCUT2D eigenvalue weighted by molar-refractivity contribution is 0.373. The fraction of sp³-hybridized carbons (Fsp3) is 0.500. The highest BCUT2D eigenvalue weighted by Gasteiger charge is 2.26. The summed E-state index contributed by atoms with van der Waals surface area (Å²) in [7, 11) is -4.04. The van der Waals surface area contributed by atoms with Gasteiger partial charge in [0.2, 0.25) is 10.0 Å². The van der Waals surface area contributed by atoms with E-state index in [-0.39, 0.29) is 24.5 Å². The first kappa shape index (κ1) is 17.3. The lowest BCUT2D eigenvalue weighted by Crippen LogP contribution is -2.40. The smallest absolute Gasteiger partial charge is 0.243 e. The van der Waals surface area contributed by atoms with Gasteiger partial charge in [-0.1, -0.05) is 0 Å². The second kappa shape index (κ2) is 6.80. The molecule has 3 N–H and O–H groups in total. The highest BCUT2D eigenvalue weighted by molar-refractivity contribution is 7.89. The Balaban J connectivity index is 0.00000200. The van der Waals surface area contributed by atoms with Crippen LogP contribution in [-0.4, -0.2) is 20.5 Å². The van der Waals surface area contributed by atoms with Crippen LogP contribution in [0.15, 0.2) is 23.1 Å². The van der Waals surface area contributed by atoms with Crippen molar-refractivity contribution in [2.75, 3.05) is 0 Å². The lowest BCUT2D eigenvalue weighted by atomic mass is 9.93. The maximum absolute atomic E-state index is 13.5. The van der Waals surface area contributed by atoms with Crippen LogP contribution in [0.25, 0.3) is 0 Å². The lowest BCUT2D eigenvalue weighted by Gasteiger charge is -2.26. The van der Waals surface area contributed by atoms with Crippen LogP contribution >= 0.6 is 12.4 Å². The zero-order valence-corrected chi connectivity index (χ0v) is 12.3. The van der Waals surface area contributed by atoms with Crippen LogP contribution in [-0.2, 0) is 10.0 Å². The van der Waals surface area contributed by atoms with E-state index in [9.17, 15) is 17.2 Å². The van der Waals surface area contributed by atoms with Gasteiger partial charge in [0.15, 0.2) is 0 Å². The molecule has 0 spiro atoms. The summed E-state index contributed by atoms with van der Waals surface area (Å²) < 4.78 is 52.9. The van der Waals surface area contributed by atoms with E-state index in [1.165, 1.54) is 0 Å². The molecule has 8 heteroatoms. The van der Waals surface area contributed by atoms with Crippen molar-refractivity contribution in [1.29, 1.82) is 0 Å². The quantitative estimate of drug-likeness (QED) is 0.891. The van der Waals surface area contributed by atoms with Crippen molar-refractivity contribution in [3.05, 3.63) is 29.8 Å². The molecule has 1 saturated carbocycles. The minimum Gasteiger partial charge on any atom is -0.328 e. The molecule has 1 fully saturated rings. The van der Waals surface area contributed by atoms with Gasteiger partial charge >= 0.3 is 0 Å². The standard InChI is InChI=1S/C12H16F2N2O2S.ClH/c13-8-1-6-11(14)12(7-8)19(17,18)16-10-4-2-9(15)3-5-10;/h1,6-7,9-10,16H,2-5,15H2;1H. The van der Waals surface area contributed by atoms with Crippen LogP contribution < -0.4 is 10.5 Å². The zero-order valence-electron chi connectivity index (χ0n) is 10.7. The number of nitrogens with two attached hydrogens (primary N) is 1. The summed E-state index contributed by atoms with van der Waals surface area (Å²) >= 11 is 0. The van der Waals surface area contributed by atoms with Crippen LogP contribution in [0.3, 0.4) is 0 Å². The molecule has 0 aliphatic heterocycles. The molecule has 0 aromatic heterocycles. The largest absolute Gasteiger partial charge is 0.328 e. The maximum Gasteiger partial charge on any atom is 0.243 e. The summed E-state index contributed by atoms with van der Waals surface area (Å²) in [5.41, 5.74) is 5.73. The Morgan fingerprint density at radius 3 is 2.35 bits per heavy atom. The molecule has 2 rings (SSSR count). The molecule has 0 saturated heterocycles. The Labute approximate surface area is 123 Å². The number of halogens is 3. The molecule has 1 aromatic rings. The van der Waals surface area contributed by atoms with Gasteiger partial charge in [-0.2, -0.15) is 0 Å². The van der Waals surface area contributed by atoms with Crippen LogP contribution in [0.2, 0.25) is 0 Å². The number of sulfonamides is 1. The number of nitrogens with one attached hydrogen (secondary N) is 1. The third-order valence-corrected chi connectivity index (χ3v) is 4.81. The monoisotopic (exact) mass is 326 g/mol. The molecule has 1 aromatic carbocycles. The van der Waals surface area contributed by atoms with Crippen LogP contribution in [0.5, 0.6) is 0 Å². The third kappa shape index (κ3) is 4.12. The molecule has 1 aliphatic rings. The van der Waals surface area contributed by atoms with Gasteiger partial charge in [0.05, 0.1) is 0 Å². The predicted molar refractivity (Wildman–Crippen MR) is 74.2 cm³/mol. The zero-order chi connectivity index (χ0) is 14.0. The van der Waals surface area contributed by atoms with Gasteiger partial charge in [0.1, 0.15) is 16.5 Å². The Morgan fingerprint density at radius 2 is 1.75 bits per heavy atom. The molecule has 0 radical (unpaired) electrons. The Hall–Kier alpha value is -0.760. The van der Waals surface area contributed by atoms with E-state index in [1.807, 2.05) is 0 Å². The van der Waals surface area contributed by atoms with Crippen molar-refractivity contribution < 1.29 is 17.2 Å². The van der Waals surface area contributed by atoms with Crippen molar-refractivity contribution in [3.63, 3.8) is 0 Å². The molecular weight excluding hydrogens is 310 g/mol. The number of hydrogen-bond donors (Lipinski definition) is 2. The van der Waals surface area contributed by atoms with Crippen molar-refractivity contribution in [2.45, 2.75) is 42.7 Å². The van der Waals surface area contributed by atoms with E-state index in [1.54, 1.807) is 0 Å². The Kier molecular flexibility index (Phi) is 5.88. The van der Waals surface area contributed by atoms with Crippen LogP contribution in [0.4, 0.5) is 8.78 Å². The molecule has 114 valence electrons. The molecule has 4 nitrogen and oxygen atoms in total. The molecule has 0 amide bonds. The summed E-state index contributed by atoms with van der Waals surface area (Å²) in [6, 6.07) is 2.19. The van der Waals surface area contributed by atoms with Crippen molar-refractivity contribution >= 4 is 22.4 Å². The summed E-state index contributed by atoms with van der Waals surface area (Å²) in [6.45, 7) is 0. The van der Waals surface area contributed by atoms with E-state index in [4.69, 9.17) is 5.73 Å². The fourth-order valence-corrected chi connectivity index (χ4v) is 3.60. The minimum absolute atomic E-state index is 0. The highest BCUT2D eigenvalue weighted by atomic mass is 35.5. The van der Waals surface area contributed by atoms with E-state index < -0.39 is 26.6 Å². The minimum atomic E-state index is -4.04. The van der Waals surface area contributed by atoms with Gasteiger partial charge in [-0.15, -0.1) is 12.4 Å². The summed E-state index contributed by atoms with van der Waals surface area (Å²) in [4.78, 5) is -0.651. The topological polar surface area (TPSA) is 72.2 Å². The van der Waals surface area contributed by atoms with Gasteiger partial charge < -0.3 is 5.73 Å². The molecule has 0 heterocycles. The molecule has 0 bridgehead atoms. The first-order valence-electron chi connectivity index (χ1n) is 6.11. The maximum atomic E-state index is 13.5. The SMILES string of the molecule is Cl.NC1CCC(NS(=O)(=O)c2cc(F)ccc2F)CC1. The number of hydrogen-bond acceptors (Lipinski definition) is 3. The van der Waals surface area contributed by atoms with E-state index in [0.717, 1.165) is 25.0 Å². The third-order valence-electron chi connectivity index (χ3n) is 3.28. The normalized spacial score (nSPS) is 23.1. The molecule has 0 unspecified atom stereocenters. The first-order chi connectivity index (χ1) is 8.88. The second-order valence-corrected chi connectivity index (χ2v) is 6.49. The van der Waals surface area contributed by atoms with Gasteiger partial charge in [0.25, 0.3) is 0 Å². The van der Waals surface area contributed by atoms with E-state index in [0.29, 0.717) is 18.9 Å². The van der Waals surface area contributed by atoms with Gasteiger partial charge in [-0.3, -0.25) is 0 Å². The summed E-state index contributed by atoms with van der Waals surface area (Å²) in [5.74, 6) is -1.74. The predicted octanol–water partition coefficient (Wildman–Crippen LogP) is 1.93. The van der Waals surface area contributed by atoms with Crippen LogP contribution in [0.1, 0.15) is 25.7 Å². The average molecular weight is 327 g/mol. The number of benzene rings is 1. The van der Waals surface area contributed by atoms with Crippen molar-refractivity contribution in [1.82, 2.24) is 4.72 Å². The van der Waals surface area contributed by atoms with Crippen molar-refractivity contribution in [2.24, 2.45) is 5.73 Å². The van der Waals surface area contributed by atoms with Gasteiger partial charge in [0, 0.05) is 12.1 Å². The molecule has 1 aliphatic carbocycles. The highest BCUT2D eigenvalue weighted by Crippen LogP contribution is 2.21.